The van der Waals surface area contributed by atoms with Gasteiger partial charge in [0.2, 0.25) is 5.91 Å². The number of halogens is 2. The molecule has 1 amide bonds. The second kappa shape index (κ2) is 9.61. The molecule has 0 radical (unpaired) electrons. The standard InChI is InChI=1S/C27H26F2N6O2/c1-15-7-5-8-19(11-15)13-34-18(4)25(17(3)33-34)31-23(36)14-35-27-24(16(2)32-35)20(26(28)29)12-21(30-27)22-9-6-10-37-22/h5-12,26H,13-14H2,1-4H3,(H,31,36). The Kier molecular flexibility index (Phi) is 6.32. The molecule has 0 aliphatic rings. The van der Waals surface area contributed by atoms with Gasteiger partial charge >= 0.3 is 0 Å². The number of aryl methyl sites for hydroxylation is 3. The molecular formula is C27H26F2N6O2. The van der Waals surface area contributed by atoms with E-state index in [0.29, 0.717) is 29.4 Å². The number of pyridine rings is 1. The molecule has 0 bridgehead atoms. The van der Waals surface area contributed by atoms with Crippen molar-refractivity contribution in [2.24, 2.45) is 0 Å². The van der Waals surface area contributed by atoms with E-state index < -0.39 is 6.43 Å². The molecule has 0 atom stereocenters. The lowest BCUT2D eigenvalue weighted by Crippen LogP contribution is -2.20. The Morgan fingerprint density at radius 1 is 1.03 bits per heavy atom. The maximum absolute atomic E-state index is 13.9. The lowest BCUT2D eigenvalue weighted by atomic mass is 10.1. The minimum absolute atomic E-state index is 0.195. The number of rotatable bonds is 7. The molecule has 5 rings (SSSR count). The number of carbonyl (C=O) groups excluding carboxylic acids is 1. The van der Waals surface area contributed by atoms with Gasteiger partial charge in [-0.2, -0.15) is 10.2 Å². The molecule has 0 aliphatic heterocycles. The zero-order chi connectivity index (χ0) is 26.3. The first-order valence-electron chi connectivity index (χ1n) is 11.8. The van der Waals surface area contributed by atoms with Gasteiger partial charge in [-0.3, -0.25) is 9.48 Å². The number of carbonyl (C=O) groups is 1. The third-order valence-electron chi connectivity index (χ3n) is 6.27. The first-order chi connectivity index (χ1) is 17.7. The number of amides is 1. The molecule has 4 aromatic heterocycles. The Labute approximate surface area is 211 Å². The lowest BCUT2D eigenvalue weighted by Gasteiger charge is -2.09. The van der Waals surface area contributed by atoms with Crippen LogP contribution in [0.5, 0.6) is 0 Å². The molecule has 1 N–H and O–H groups in total. The Hall–Kier alpha value is -4.34. The molecule has 0 unspecified atom stereocenters. The van der Waals surface area contributed by atoms with Gasteiger partial charge in [-0.1, -0.05) is 29.8 Å². The minimum atomic E-state index is -2.74. The highest BCUT2D eigenvalue weighted by Gasteiger charge is 2.23. The zero-order valence-corrected chi connectivity index (χ0v) is 20.9. The molecule has 1 aromatic carbocycles. The number of benzene rings is 1. The highest BCUT2D eigenvalue weighted by Crippen LogP contribution is 2.33. The molecule has 10 heteroatoms. The quantitative estimate of drug-likeness (QED) is 0.305. The van der Waals surface area contributed by atoms with Crippen LogP contribution < -0.4 is 5.32 Å². The summed E-state index contributed by atoms with van der Waals surface area (Å²) in [5.74, 6) is -0.0135. The summed E-state index contributed by atoms with van der Waals surface area (Å²) in [7, 11) is 0. The van der Waals surface area contributed by atoms with Gasteiger partial charge in [0.15, 0.2) is 11.4 Å². The zero-order valence-electron chi connectivity index (χ0n) is 20.9. The number of aromatic nitrogens is 5. The van der Waals surface area contributed by atoms with Crippen LogP contribution >= 0.6 is 0 Å². The number of nitrogens with zero attached hydrogens (tertiary/aromatic N) is 5. The maximum Gasteiger partial charge on any atom is 0.264 e. The lowest BCUT2D eigenvalue weighted by molar-refractivity contribution is -0.116. The van der Waals surface area contributed by atoms with Crippen molar-refractivity contribution in [2.75, 3.05) is 5.32 Å². The first-order valence-corrected chi connectivity index (χ1v) is 11.8. The molecule has 5 aromatic rings. The summed E-state index contributed by atoms with van der Waals surface area (Å²) < 4.78 is 36.4. The fourth-order valence-corrected chi connectivity index (χ4v) is 4.55. The molecule has 190 valence electrons. The Morgan fingerprint density at radius 3 is 2.51 bits per heavy atom. The molecule has 8 nitrogen and oxygen atoms in total. The fraction of sp³-hybridized carbons (Fsp3) is 0.259. The van der Waals surface area contributed by atoms with E-state index in [-0.39, 0.29) is 34.7 Å². The van der Waals surface area contributed by atoms with E-state index in [9.17, 15) is 13.6 Å². The normalized spacial score (nSPS) is 11.5. The van der Waals surface area contributed by atoms with Crippen LogP contribution in [0.4, 0.5) is 14.5 Å². The monoisotopic (exact) mass is 504 g/mol. The minimum Gasteiger partial charge on any atom is -0.463 e. The highest BCUT2D eigenvalue weighted by atomic mass is 19.3. The van der Waals surface area contributed by atoms with E-state index in [1.807, 2.05) is 43.7 Å². The summed E-state index contributed by atoms with van der Waals surface area (Å²) in [6, 6.07) is 12.8. The predicted molar refractivity (Wildman–Crippen MR) is 136 cm³/mol. The third kappa shape index (κ3) is 4.74. The number of fused-ring (bicyclic) bond motifs is 1. The fourth-order valence-electron chi connectivity index (χ4n) is 4.55. The summed E-state index contributed by atoms with van der Waals surface area (Å²) in [5, 5.41) is 12.1. The SMILES string of the molecule is Cc1cccc(Cn2nc(C)c(NC(=O)Cn3nc(C)c4c(C(F)F)cc(-c5ccco5)nc43)c2C)c1. The van der Waals surface area contributed by atoms with Crippen molar-refractivity contribution in [3.05, 3.63) is 82.5 Å². The number of furan rings is 1. The second-order valence-electron chi connectivity index (χ2n) is 9.06. The van der Waals surface area contributed by atoms with Crippen molar-refractivity contribution in [3.63, 3.8) is 0 Å². The van der Waals surface area contributed by atoms with Crippen LogP contribution in [0, 0.1) is 27.7 Å². The van der Waals surface area contributed by atoms with Crippen molar-refractivity contribution >= 4 is 22.6 Å². The van der Waals surface area contributed by atoms with Crippen LogP contribution in [0.1, 0.15) is 40.2 Å². The second-order valence-corrected chi connectivity index (χ2v) is 9.06. The molecular weight excluding hydrogens is 478 g/mol. The Morgan fingerprint density at radius 2 is 1.81 bits per heavy atom. The summed E-state index contributed by atoms with van der Waals surface area (Å²) in [6.07, 6.45) is -1.29. The van der Waals surface area contributed by atoms with Crippen molar-refractivity contribution < 1.29 is 18.0 Å². The molecule has 0 saturated heterocycles. The van der Waals surface area contributed by atoms with Gasteiger partial charge in [0.05, 0.1) is 41.0 Å². The third-order valence-corrected chi connectivity index (χ3v) is 6.27. The van der Waals surface area contributed by atoms with E-state index in [1.54, 1.807) is 19.1 Å². The molecule has 0 fully saturated rings. The van der Waals surface area contributed by atoms with Crippen molar-refractivity contribution in [1.82, 2.24) is 24.5 Å². The highest BCUT2D eigenvalue weighted by molar-refractivity contribution is 5.93. The first kappa shape index (κ1) is 24.4. The Bertz CT molecular complexity index is 1600. The van der Waals surface area contributed by atoms with Gasteiger partial charge < -0.3 is 9.73 Å². The number of hydrogen-bond acceptors (Lipinski definition) is 5. The van der Waals surface area contributed by atoms with E-state index in [1.165, 1.54) is 17.0 Å². The van der Waals surface area contributed by atoms with Crippen molar-refractivity contribution in [1.29, 1.82) is 0 Å². The van der Waals surface area contributed by atoms with Crippen LogP contribution in [0.3, 0.4) is 0 Å². The largest absolute Gasteiger partial charge is 0.463 e. The van der Waals surface area contributed by atoms with Crippen molar-refractivity contribution in [3.8, 4) is 11.5 Å². The van der Waals surface area contributed by atoms with Crippen LogP contribution in [0.15, 0.2) is 53.1 Å². The van der Waals surface area contributed by atoms with Crippen molar-refractivity contribution in [2.45, 2.75) is 47.2 Å². The smallest absolute Gasteiger partial charge is 0.264 e. The molecule has 0 saturated carbocycles. The summed E-state index contributed by atoms with van der Waals surface area (Å²) in [4.78, 5) is 17.6. The average Bonchev–Trinajstić information content (AvgIpc) is 3.55. The Balaban J connectivity index is 1.43. The van der Waals surface area contributed by atoms with Crippen LogP contribution in [-0.2, 0) is 17.9 Å². The van der Waals surface area contributed by atoms with E-state index in [0.717, 1.165) is 16.8 Å². The summed E-state index contributed by atoms with van der Waals surface area (Å²) in [6.45, 7) is 7.75. The van der Waals surface area contributed by atoms with Crippen LogP contribution in [0.2, 0.25) is 0 Å². The van der Waals surface area contributed by atoms with Crippen LogP contribution in [0.25, 0.3) is 22.5 Å². The number of alkyl halides is 2. The van der Waals surface area contributed by atoms with E-state index >= 15 is 0 Å². The topological polar surface area (TPSA) is 90.8 Å². The van der Waals surface area contributed by atoms with Gasteiger partial charge in [-0.15, -0.1) is 0 Å². The van der Waals surface area contributed by atoms with E-state index in [2.05, 4.69) is 26.6 Å². The molecule has 37 heavy (non-hydrogen) atoms. The average molecular weight is 505 g/mol. The predicted octanol–water partition coefficient (Wildman–Crippen LogP) is 5.75. The molecule has 0 aliphatic carbocycles. The number of anilines is 1. The molecule has 0 spiro atoms. The number of nitrogens with one attached hydrogen (secondary N) is 1. The van der Waals surface area contributed by atoms with E-state index in [4.69, 9.17) is 4.42 Å². The maximum atomic E-state index is 13.9. The summed E-state index contributed by atoms with van der Waals surface area (Å²) in [5.41, 5.74) is 4.98. The number of hydrogen-bond donors (Lipinski definition) is 1. The van der Waals surface area contributed by atoms with Crippen LogP contribution in [-0.4, -0.2) is 30.5 Å². The summed E-state index contributed by atoms with van der Waals surface area (Å²) >= 11 is 0. The van der Waals surface area contributed by atoms with Gasteiger partial charge in [0.1, 0.15) is 12.2 Å². The molecule has 4 heterocycles. The van der Waals surface area contributed by atoms with Gasteiger partial charge in [0, 0.05) is 5.56 Å². The van der Waals surface area contributed by atoms with Gasteiger partial charge in [0.25, 0.3) is 6.43 Å². The van der Waals surface area contributed by atoms with Gasteiger partial charge in [-0.25, -0.2) is 18.4 Å². The van der Waals surface area contributed by atoms with Gasteiger partial charge in [-0.05, 0) is 51.5 Å².